The van der Waals surface area contributed by atoms with E-state index >= 15 is 0 Å². The Hall–Kier alpha value is -5.19. The topological polar surface area (TPSA) is 38.9 Å². The van der Waals surface area contributed by atoms with Gasteiger partial charge >= 0.3 is 0 Å². The standard InChI is InChI=1S/C36H30NOSi.C16H18N.Ir/c1-22-19-26(39(3,4)5)16-18-27(22)32-20-33(37-21-23(32)2)31-12-8-11-29-30-17-15-25-14-13-24-9-6-7-10-28(24)34(25)36(30)38-35(29)31;1-12-5-7-13(8-6-12)15-10-9-14(11-17-15)16(2,3)4;/h6-11,13-21H,1-5H3;5-7,9-11H,1-4H3;/q2*-1;/i1D3,2D3;1D3;. The number of fused-ring (bicyclic) bond motifs is 7. The molecule has 0 atom stereocenters. The van der Waals surface area contributed by atoms with Crippen molar-refractivity contribution >= 4 is 56.7 Å². The zero-order valence-electron chi connectivity index (χ0n) is 41.8. The predicted octanol–water partition coefficient (Wildman–Crippen LogP) is 13.7. The molecule has 9 aromatic rings. The van der Waals surface area contributed by atoms with Gasteiger partial charge in [0.2, 0.25) is 0 Å². The van der Waals surface area contributed by atoms with Gasteiger partial charge < -0.3 is 14.4 Å². The molecule has 3 heterocycles. The molecule has 0 saturated carbocycles. The molecular formula is C52H48IrN2OSi-2. The SMILES string of the molecule is [2H]C([2H])([2H])c1c[c-]c(-c2ccc(C(C)(C)C)cn2)cc1.[2H]C([2H])([2H])c1cnc(-c2[c-]ccc3c2oc2c3ccc3ccc4ccccc4c32)cc1-c1ccc([Si](C)(C)C)cc1C([2H])([2H])[2H].[Ir]. The van der Waals surface area contributed by atoms with Gasteiger partial charge in [-0.05, 0) is 74.5 Å². The van der Waals surface area contributed by atoms with Crippen LogP contribution in [0, 0.1) is 32.7 Å². The van der Waals surface area contributed by atoms with Crippen molar-refractivity contribution in [2.45, 2.75) is 66.4 Å². The summed E-state index contributed by atoms with van der Waals surface area (Å²) < 4.78 is 78.7. The van der Waals surface area contributed by atoms with Crippen molar-refractivity contribution in [3.63, 3.8) is 0 Å². The second-order valence-corrected chi connectivity index (χ2v) is 21.4. The predicted molar refractivity (Wildman–Crippen MR) is 241 cm³/mol. The fraction of sp³-hybridized carbons (Fsp3) is 0.192. The molecule has 0 N–H and O–H groups in total. The molecule has 0 spiro atoms. The van der Waals surface area contributed by atoms with E-state index in [9.17, 15) is 0 Å². The summed E-state index contributed by atoms with van der Waals surface area (Å²) in [5.74, 6) is 0. The van der Waals surface area contributed by atoms with E-state index in [1.54, 1.807) is 30.3 Å². The van der Waals surface area contributed by atoms with Crippen molar-refractivity contribution in [1.82, 2.24) is 9.97 Å². The molecule has 3 aromatic heterocycles. The normalized spacial score (nSPS) is 14.8. The third kappa shape index (κ3) is 7.90. The van der Waals surface area contributed by atoms with Crippen LogP contribution in [0.15, 0.2) is 132 Å². The van der Waals surface area contributed by atoms with Crippen LogP contribution in [0.5, 0.6) is 0 Å². The van der Waals surface area contributed by atoms with Gasteiger partial charge in [-0.15, -0.1) is 53.6 Å². The average Bonchev–Trinajstić information content (AvgIpc) is 3.64. The van der Waals surface area contributed by atoms with Crippen molar-refractivity contribution in [1.29, 1.82) is 0 Å². The van der Waals surface area contributed by atoms with Crippen LogP contribution in [0.2, 0.25) is 19.6 Å². The van der Waals surface area contributed by atoms with Crippen LogP contribution < -0.4 is 5.19 Å². The van der Waals surface area contributed by atoms with Gasteiger partial charge in [0.1, 0.15) is 5.58 Å². The molecule has 0 aliphatic rings. The number of pyridine rings is 2. The van der Waals surface area contributed by atoms with Crippen LogP contribution in [0.3, 0.4) is 0 Å². The Morgan fingerprint density at radius 3 is 2.14 bits per heavy atom. The molecule has 0 unspecified atom stereocenters. The number of nitrogens with zero attached hydrogens (tertiary/aromatic N) is 2. The Morgan fingerprint density at radius 2 is 1.42 bits per heavy atom. The van der Waals surface area contributed by atoms with E-state index in [-0.39, 0.29) is 36.6 Å². The fourth-order valence-electron chi connectivity index (χ4n) is 7.12. The van der Waals surface area contributed by atoms with E-state index in [1.807, 2.05) is 48.7 Å². The van der Waals surface area contributed by atoms with E-state index in [0.29, 0.717) is 33.5 Å². The number of aromatic nitrogens is 2. The first-order chi connectivity index (χ1) is 30.4. The smallest absolute Gasteiger partial charge is 0.129 e. The molecule has 0 aliphatic carbocycles. The minimum absolute atomic E-state index is 0. The summed E-state index contributed by atoms with van der Waals surface area (Å²) in [4.78, 5) is 9.03. The molecule has 57 heavy (non-hydrogen) atoms. The summed E-state index contributed by atoms with van der Waals surface area (Å²) >= 11 is 0. The molecule has 5 heteroatoms. The molecule has 0 amide bonds. The van der Waals surface area contributed by atoms with Crippen LogP contribution in [-0.4, -0.2) is 18.0 Å². The van der Waals surface area contributed by atoms with Crippen molar-refractivity contribution in [3.8, 4) is 33.6 Å². The molecule has 0 saturated heterocycles. The molecule has 0 aliphatic heterocycles. The van der Waals surface area contributed by atoms with E-state index < -0.39 is 28.6 Å². The number of hydrogen-bond acceptors (Lipinski definition) is 3. The van der Waals surface area contributed by atoms with Crippen LogP contribution in [0.25, 0.3) is 77.1 Å². The maximum absolute atomic E-state index is 8.37. The number of furan rings is 1. The maximum atomic E-state index is 8.37. The minimum atomic E-state index is -2.51. The summed E-state index contributed by atoms with van der Waals surface area (Å²) in [6.45, 7) is 5.83. The third-order valence-electron chi connectivity index (χ3n) is 10.4. The van der Waals surface area contributed by atoms with Crippen LogP contribution >= 0.6 is 0 Å². The van der Waals surface area contributed by atoms with Crippen LogP contribution in [0.1, 0.15) is 55.4 Å². The quantitative estimate of drug-likeness (QED) is 0.100. The minimum Gasteiger partial charge on any atom is -0.500 e. The van der Waals surface area contributed by atoms with E-state index in [1.165, 1.54) is 17.8 Å². The Kier molecular flexibility index (Phi) is 8.21. The average molecular weight is 946 g/mol. The van der Waals surface area contributed by atoms with E-state index in [4.69, 9.17) is 16.8 Å². The number of aryl methyl sites for hydroxylation is 3. The molecule has 9 rings (SSSR count). The van der Waals surface area contributed by atoms with Crippen molar-refractivity contribution in [3.05, 3.63) is 162 Å². The Morgan fingerprint density at radius 1 is 0.649 bits per heavy atom. The summed E-state index contributed by atoms with van der Waals surface area (Å²) in [5, 5.41) is 7.11. The number of benzene rings is 6. The van der Waals surface area contributed by atoms with Crippen molar-refractivity contribution in [2.24, 2.45) is 0 Å². The van der Waals surface area contributed by atoms with Gasteiger partial charge in [-0.2, -0.15) is 0 Å². The number of hydrogen-bond donors (Lipinski definition) is 0. The van der Waals surface area contributed by atoms with Gasteiger partial charge in [-0.1, -0.05) is 148 Å². The summed E-state index contributed by atoms with van der Waals surface area (Å²) in [6, 6.07) is 42.6. The van der Waals surface area contributed by atoms with Crippen molar-refractivity contribution < 1.29 is 36.9 Å². The first kappa shape index (κ1) is 30.0. The van der Waals surface area contributed by atoms with Gasteiger partial charge in [-0.25, -0.2) is 0 Å². The van der Waals surface area contributed by atoms with Gasteiger partial charge in [-0.3, -0.25) is 0 Å². The second kappa shape index (κ2) is 15.6. The van der Waals surface area contributed by atoms with E-state index in [0.717, 1.165) is 54.3 Å². The molecule has 6 aromatic carbocycles. The Balaban J connectivity index is 0.000000260. The third-order valence-corrected chi connectivity index (χ3v) is 12.4. The molecule has 3 nitrogen and oxygen atoms in total. The Labute approximate surface area is 364 Å². The fourth-order valence-corrected chi connectivity index (χ4v) is 8.28. The van der Waals surface area contributed by atoms with Crippen molar-refractivity contribution in [2.75, 3.05) is 0 Å². The van der Waals surface area contributed by atoms with Gasteiger partial charge in [0.05, 0.1) is 13.7 Å². The molecule has 0 bridgehead atoms. The van der Waals surface area contributed by atoms with E-state index in [2.05, 4.69) is 98.9 Å². The summed E-state index contributed by atoms with van der Waals surface area (Å²) in [6.07, 6.45) is 3.20. The van der Waals surface area contributed by atoms with Gasteiger partial charge in [0.25, 0.3) is 0 Å². The first-order valence-corrected chi connectivity index (χ1v) is 22.2. The van der Waals surface area contributed by atoms with Gasteiger partial charge in [0.15, 0.2) is 0 Å². The molecule has 0 fully saturated rings. The number of rotatable bonds is 4. The first-order valence-electron chi connectivity index (χ1n) is 23.2. The van der Waals surface area contributed by atoms with Gasteiger partial charge in [0, 0.05) is 55.6 Å². The second-order valence-electron chi connectivity index (χ2n) is 16.3. The maximum Gasteiger partial charge on any atom is 0.129 e. The summed E-state index contributed by atoms with van der Waals surface area (Å²) in [5.41, 5.74) is 6.30. The molecule has 1 radical (unpaired) electrons. The molecular weight excluding hydrogens is 889 g/mol. The Bertz CT molecular complexity index is 3180. The molecule has 287 valence electrons. The monoisotopic (exact) mass is 946 g/mol. The van der Waals surface area contributed by atoms with Crippen LogP contribution in [0.4, 0.5) is 0 Å². The zero-order valence-corrected chi connectivity index (χ0v) is 36.2. The zero-order chi connectivity index (χ0) is 46.9. The summed E-state index contributed by atoms with van der Waals surface area (Å²) in [7, 11) is -1.86. The van der Waals surface area contributed by atoms with Crippen LogP contribution in [-0.2, 0) is 25.5 Å². The largest absolute Gasteiger partial charge is 0.500 e.